The molecule has 0 bridgehead atoms. The Morgan fingerprint density at radius 3 is 2.63 bits per heavy atom. The minimum atomic E-state index is -2.93. The Morgan fingerprint density at radius 2 is 1.96 bits per heavy atom. The van der Waals surface area contributed by atoms with E-state index in [-0.39, 0.29) is 29.7 Å². The number of amides is 1. The van der Waals surface area contributed by atoms with E-state index in [1.807, 2.05) is 6.07 Å². The van der Waals surface area contributed by atoms with Crippen LogP contribution in [0.1, 0.15) is 11.1 Å². The molecule has 0 spiro atoms. The number of hydrogen-bond donors (Lipinski definition) is 1. The topological polar surface area (TPSA) is 47.6 Å². The van der Waals surface area contributed by atoms with E-state index in [0.29, 0.717) is 21.4 Å². The Balaban J connectivity index is 1.81. The fourth-order valence-electron chi connectivity index (χ4n) is 2.16. The van der Waals surface area contributed by atoms with Crippen molar-refractivity contribution in [3.63, 3.8) is 0 Å². The van der Waals surface area contributed by atoms with Crippen LogP contribution in [-0.2, 0) is 17.1 Å². The molecule has 0 radical (unpaired) electrons. The Morgan fingerprint density at radius 1 is 1.19 bits per heavy atom. The molecule has 146 valence electrons. The van der Waals surface area contributed by atoms with E-state index in [0.717, 1.165) is 5.56 Å². The Labute approximate surface area is 170 Å². The molecule has 0 heterocycles. The molecule has 0 atom stereocenters. The van der Waals surface area contributed by atoms with Gasteiger partial charge >= 0.3 is 6.61 Å². The first-order valence-corrected chi connectivity index (χ1v) is 9.70. The molecule has 1 N–H and O–H groups in total. The second-order valence-corrected chi connectivity index (χ2v) is 7.20. The smallest absolute Gasteiger partial charge is 0.387 e. The van der Waals surface area contributed by atoms with E-state index in [4.69, 9.17) is 27.9 Å². The predicted molar refractivity (Wildman–Crippen MR) is 104 cm³/mol. The molecule has 27 heavy (non-hydrogen) atoms. The number of alkyl halides is 2. The number of carbonyl (C=O) groups excluding carboxylic acids is 1. The van der Waals surface area contributed by atoms with E-state index in [1.165, 1.54) is 24.9 Å². The lowest BCUT2D eigenvalue weighted by molar-refractivity contribution is -0.118. The van der Waals surface area contributed by atoms with Gasteiger partial charge in [0.2, 0.25) is 5.91 Å². The largest absolute Gasteiger partial charge is 0.493 e. The van der Waals surface area contributed by atoms with Crippen molar-refractivity contribution < 1.29 is 23.0 Å². The summed E-state index contributed by atoms with van der Waals surface area (Å²) in [7, 11) is 1.36. The average Bonchev–Trinajstić information content (AvgIpc) is 2.62. The van der Waals surface area contributed by atoms with Gasteiger partial charge in [0.15, 0.2) is 11.5 Å². The van der Waals surface area contributed by atoms with Gasteiger partial charge in [-0.3, -0.25) is 4.79 Å². The number of methoxy groups -OCH3 is 1. The van der Waals surface area contributed by atoms with Crippen LogP contribution < -0.4 is 14.8 Å². The summed E-state index contributed by atoms with van der Waals surface area (Å²) in [6.07, 6.45) is 0. The summed E-state index contributed by atoms with van der Waals surface area (Å²) in [6.45, 7) is -2.69. The zero-order valence-corrected chi connectivity index (χ0v) is 16.6. The first-order valence-electron chi connectivity index (χ1n) is 7.79. The van der Waals surface area contributed by atoms with Gasteiger partial charge in [0.25, 0.3) is 0 Å². The van der Waals surface area contributed by atoms with Crippen LogP contribution in [0.25, 0.3) is 0 Å². The standard InChI is InChI=1S/C18H17Cl2F2NO3S/c1-25-16-6-11(2-5-15(16)26-18(21)22)8-23-17(24)10-27-9-12-3-4-13(19)7-14(12)20/h2-7,18H,8-10H2,1H3,(H,23,24). The third kappa shape index (κ3) is 7.08. The van der Waals surface area contributed by atoms with E-state index < -0.39 is 6.61 Å². The number of nitrogens with one attached hydrogen (secondary N) is 1. The lowest BCUT2D eigenvalue weighted by atomic mass is 10.2. The first kappa shape index (κ1) is 21.6. The van der Waals surface area contributed by atoms with Crippen LogP contribution in [0.3, 0.4) is 0 Å². The van der Waals surface area contributed by atoms with Crippen molar-refractivity contribution in [3.8, 4) is 11.5 Å². The van der Waals surface area contributed by atoms with Crippen molar-refractivity contribution in [2.24, 2.45) is 0 Å². The fraction of sp³-hybridized carbons (Fsp3) is 0.278. The molecular weight excluding hydrogens is 419 g/mol. The second-order valence-electron chi connectivity index (χ2n) is 5.37. The molecule has 0 aliphatic heterocycles. The first-order chi connectivity index (χ1) is 12.9. The van der Waals surface area contributed by atoms with E-state index in [9.17, 15) is 13.6 Å². The summed E-state index contributed by atoms with van der Waals surface area (Å²) < 4.78 is 34.0. The lowest BCUT2D eigenvalue weighted by Crippen LogP contribution is -2.24. The number of halogens is 4. The molecule has 2 aromatic rings. The van der Waals surface area contributed by atoms with E-state index in [1.54, 1.807) is 24.3 Å². The zero-order valence-electron chi connectivity index (χ0n) is 14.3. The summed E-state index contributed by atoms with van der Waals surface area (Å²) in [4.78, 5) is 12.0. The Kier molecular flexibility index (Phi) is 8.47. The van der Waals surface area contributed by atoms with Crippen molar-refractivity contribution in [3.05, 3.63) is 57.6 Å². The molecule has 0 fully saturated rings. The van der Waals surface area contributed by atoms with Crippen LogP contribution in [0.2, 0.25) is 10.0 Å². The third-order valence-corrected chi connectivity index (χ3v) is 5.01. The number of thioether (sulfide) groups is 1. The number of hydrogen-bond acceptors (Lipinski definition) is 4. The van der Waals surface area contributed by atoms with Crippen LogP contribution in [0.5, 0.6) is 11.5 Å². The van der Waals surface area contributed by atoms with Gasteiger partial charge in [-0.25, -0.2) is 0 Å². The van der Waals surface area contributed by atoms with Crippen LogP contribution >= 0.6 is 35.0 Å². The molecule has 0 saturated heterocycles. The van der Waals surface area contributed by atoms with E-state index >= 15 is 0 Å². The van der Waals surface area contributed by atoms with E-state index in [2.05, 4.69) is 10.1 Å². The lowest BCUT2D eigenvalue weighted by Gasteiger charge is -2.12. The molecule has 4 nitrogen and oxygen atoms in total. The van der Waals surface area contributed by atoms with Crippen molar-refractivity contribution >= 4 is 40.9 Å². The van der Waals surface area contributed by atoms with Gasteiger partial charge in [0.1, 0.15) is 0 Å². The molecule has 9 heteroatoms. The second kappa shape index (κ2) is 10.6. The molecule has 0 unspecified atom stereocenters. The van der Waals surface area contributed by atoms with Gasteiger partial charge in [0, 0.05) is 22.3 Å². The minimum Gasteiger partial charge on any atom is -0.493 e. The number of carbonyl (C=O) groups is 1. The summed E-state index contributed by atoms with van der Waals surface area (Å²) in [5.74, 6) is 0.795. The molecule has 1 amide bonds. The van der Waals surface area contributed by atoms with Gasteiger partial charge in [0.05, 0.1) is 12.9 Å². The highest BCUT2D eigenvalue weighted by molar-refractivity contribution is 7.99. The fourth-order valence-corrected chi connectivity index (χ4v) is 3.58. The Hall–Kier alpha value is -1.70. The number of ether oxygens (including phenoxy) is 2. The van der Waals surface area contributed by atoms with Crippen LogP contribution in [0.15, 0.2) is 36.4 Å². The normalized spacial score (nSPS) is 10.7. The minimum absolute atomic E-state index is 0.0574. The van der Waals surface area contributed by atoms with Gasteiger partial charge in [-0.05, 0) is 35.4 Å². The molecule has 0 saturated carbocycles. The highest BCUT2D eigenvalue weighted by atomic mass is 35.5. The van der Waals surface area contributed by atoms with Gasteiger partial charge in [-0.1, -0.05) is 35.3 Å². The van der Waals surface area contributed by atoms with Crippen LogP contribution in [0.4, 0.5) is 8.78 Å². The van der Waals surface area contributed by atoms with Crippen molar-refractivity contribution in [1.82, 2.24) is 5.32 Å². The molecule has 2 aromatic carbocycles. The molecular formula is C18H17Cl2F2NO3S. The maximum Gasteiger partial charge on any atom is 0.387 e. The maximum absolute atomic E-state index is 12.3. The zero-order chi connectivity index (χ0) is 19.8. The van der Waals surface area contributed by atoms with Crippen LogP contribution in [-0.4, -0.2) is 25.4 Å². The van der Waals surface area contributed by atoms with Gasteiger partial charge in [-0.2, -0.15) is 8.78 Å². The quantitative estimate of drug-likeness (QED) is 0.591. The van der Waals surface area contributed by atoms with Crippen LogP contribution in [0, 0.1) is 0 Å². The Bertz CT molecular complexity index is 793. The van der Waals surface area contributed by atoms with Gasteiger partial charge in [-0.15, -0.1) is 11.8 Å². The summed E-state index contributed by atoms with van der Waals surface area (Å²) in [5, 5.41) is 3.89. The molecule has 0 aliphatic rings. The number of benzene rings is 2. The van der Waals surface area contributed by atoms with Crippen molar-refractivity contribution in [2.45, 2.75) is 18.9 Å². The SMILES string of the molecule is COc1cc(CNC(=O)CSCc2ccc(Cl)cc2Cl)ccc1OC(F)F. The molecule has 0 aromatic heterocycles. The third-order valence-electron chi connectivity index (χ3n) is 3.44. The van der Waals surface area contributed by atoms with Crippen molar-refractivity contribution in [2.75, 3.05) is 12.9 Å². The average molecular weight is 436 g/mol. The summed E-state index contributed by atoms with van der Waals surface area (Å²) >= 11 is 13.4. The van der Waals surface area contributed by atoms with Gasteiger partial charge < -0.3 is 14.8 Å². The molecule has 0 aliphatic carbocycles. The summed E-state index contributed by atoms with van der Waals surface area (Å²) in [5.41, 5.74) is 1.60. The monoisotopic (exact) mass is 435 g/mol. The maximum atomic E-state index is 12.3. The van der Waals surface area contributed by atoms with Crippen molar-refractivity contribution in [1.29, 1.82) is 0 Å². The number of rotatable bonds is 9. The predicted octanol–water partition coefficient (Wildman–Crippen LogP) is 5.15. The highest BCUT2D eigenvalue weighted by Crippen LogP contribution is 2.29. The highest BCUT2D eigenvalue weighted by Gasteiger charge is 2.11. The summed E-state index contributed by atoms with van der Waals surface area (Å²) in [6, 6.07) is 9.74. The molecule has 2 rings (SSSR count).